The van der Waals surface area contributed by atoms with Crippen LogP contribution in [0.1, 0.15) is 29.2 Å². The number of hydrogen-bond donors (Lipinski definition) is 1. The van der Waals surface area contributed by atoms with Crippen molar-refractivity contribution >= 4 is 29.4 Å². The third kappa shape index (κ3) is 3.09. The van der Waals surface area contributed by atoms with Crippen molar-refractivity contribution in [3.63, 3.8) is 0 Å². The largest absolute Gasteiger partial charge is 0.469 e. The Kier molecular flexibility index (Phi) is 5.28. The minimum absolute atomic E-state index is 0.306. The number of hydrogen-bond acceptors (Lipinski definition) is 6. The van der Waals surface area contributed by atoms with Crippen LogP contribution in [0.15, 0.2) is 48.5 Å². The van der Waals surface area contributed by atoms with Crippen molar-refractivity contribution in [1.29, 1.82) is 0 Å². The molecule has 2 aromatic rings. The van der Waals surface area contributed by atoms with Crippen LogP contribution < -0.4 is 10.2 Å². The van der Waals surface area contributed by atoms with E-state index in [0.717, 1.165) is 16.7 Å². The first kappa shape index (κ1) is 22.3. The minimum atomic E-state index is -1.50. The van der Waals surface area contributed by atoms with Gasteiger partial charge in [0.1, 0.15) is 5.54 Å². The quantitative estimate of drug-likeness (QED) is 0.552. The molecule has 3 aliphatic rings. The van der Waals surface area contributed by atoms with Gasteiger partial charge in [-0.3, -0.25) is 24.1 Å². The number of benzene rings is 2. The predicted molar refractivity (Wildman–Crippen MR) is 124 cm³/mol. The zero-order valence-corrected chi connectivity index (χ0v) is 19.4. The number of imide groups is 1. The summed E-state index contributed by atoms with van der Waals surface area (Å²) in [4.78, 5) is 57.0. The van der Waals surface area contributed by atoms with Crippen LogP contribution in [0, 0.1) is 25.7 Å². The Morgan fingerprint density at radius 2 is 1.62 bits per heavy atom. The molecule has 3 aliphatic heterocycles. The summed E-state index contributed by atoms with van der Waals surface area (Å²) in [5.41, 5.74) is 1.87. The zero-order valence-electron chi connectivity index (χ0n) is 19.4. The highest BCUT2D eigenvalue weighted by Crippen LogP contribution is 2.57. The maximum atomic E-state index is 13.9. The molecule has 176 valence electrons. The second-order valence-corrected chi connectivity index (χ2v) is 9.33. The fourth-order valence-electron chi connectivity index (χ4n) is 5.87. The second-order valence-electron chi connectivity index (χ2n) is 9.33. The monoisotopic (exact) mass is 461 g/mol. The number of nitrogens with zero attached hydrogens (tertiary/aromatic N) is 2. The number of fused-ring (bicyclic) bond motifs is 3. The summed E-state index contributed by atoms with van der Waals surface area (Å²) in [5.74, 6) is -3.63. The molecule has 5 rings (SSSR count). The number of nitrogens with one attached hydrogen (secondary N) is 1. The first-order chi connectivity index (χ1) is 16.3. The molecule has 8 nitrogen and oxygen atoms in total. The van der Waals surface area contributed by atoms with Crippen molar-refractivity contribution in [2.24, 2.45) is 11.8 Å². The molecular formula is C26H27N3O5. The number of anilines is 1. The highest BCUT2D eigenvalue weighted by atomic mass is 16.5. The van der Waals surface area contributed by atoms with E-state index in [1.165, 1.54) is 12.0 Å². The Morgan fingerprint density at radius 3 is 2.24 bits per heavy atom. The molecule has 0 bridgehead atoms. The minimum Gasteiger partial charge on any atom is -0.469 e. The number of carbonyl (C=O) groups is 4. The first-order valence-electron chi connectivity index (χ1n) is 11.4. The van der Waals surface area contributed by atoms with Crippen molar-refractivity contribution in [2.45, 2.75) is 31.8 Å². The third-order valence-corrected chi connectivity index (χ3v) is 7.44. The van der Waals surface area contributed by atoms with Crippen LogP contribution in [-0.4, -0.2) is 54.3 Å². The van der Waals surface area contributed by atoms with Gasteiger partial charge in [0.15, 0.2) is 0 Å². The third-order valence-electron chi connectivity index (χ3n) is 7.44. The Hall–Kier alpha value is -3.52. The zero-order chi connectivity index (χ0) is 24.2. The van der Waals surface area contributed by atoms with Gasteiger partial charge in [0.25, 0.3) is 0 Å². The number of piperazine rings is 1. The number of esters is 1. The van der Waals surface area contributed by atoms with Gasteiger partial charge in [-0.1, -0.05) is 47.5 Å². The Balaban J connectivity index is 1.70. The second kappa shape index (κ2) is 8.06. The van der Waals surface area contributed by atoms with Crippen molar-refractivity contribution in [1.82, 2.24) is 10.2 Å². The van der Waals surface area contributed by atoms with Crippen molar-refractivity contribution in [2.75, 3.05) is 25.1 Å². The summed E-state index contributed by atoms with van der Waals surface area (Å²) < 4.78 is 4.94. The standard InChI is InChI=1S/C26H27N3O5/c1-15-4-8-17(9-5-15)22-20-21(24(32)29(23(20)31)18-10-6-16(2)7-11-18)26(14-19(30)34-3)25(33)27-12-13-28(22)26/h4-11,20-22H,12-14H2,1-3H3,(H,27,33)/t20-,21+,22+,26+/m1/s1. The van der Waals surface area contributed by atoms with Crippen molar-refractivity contribution in [3.8, 4) is 0 Å². The van der Waals surface area contributed by atoms with Gasteiger partial charge in [-0.05, 0) is 31.5 Å². The Labute approximate surface area is 197 Å². The number of rotatable bonds is 4. The fourth-order valence-corrected chi connectivity index (χ4v) is 5.87. The van der Waals surface area contributed by atoms with Crippen LogP contribution in [0.3, 0.4) is 0 Å². The van der Waals surface area contributed by atoms with Gasteiger partial charge in [0.2, 0.25) is 17.7 Å². The highest BCUT2D eigenvalue weighted by Gasteiger charge is 2.73. The smallest absolute Gasteiger partial charge is 0.307 e. The number of ether oxygens (including phenoxy) is 1. The van der Waals surface area contributed by atoms with E-state index in [-0.39, 0.29) is 12.3 Å². The first-order valence-corrected chi connectivity index (χ1v) is 11.4. The number of carbonyl (C=O) groups excluding carboxylic acids is 4. The molecule has 4 atom stereocenters. The van der Waals surface area contributed by atoms with Gasteiger partial charge >= 0.3 is 5.97 Å². The summed E-state index contributed by atoms with van der Waals surface area (Å²) in [5, 5.41) is 2.84. The summed E-state index contributed by atoms with van der Waals surface area (Å²) in [6.45, 7) is 4.68. The van der Waals surface area contributed by atoms with E-state index >= 15 is 0 Å². The van der Waals surface area contributed by atoms with E-state index < -0.39 is 41.2 Å². The lowest BCUT2D eigenvalue weighted by molar-refractivity contribution is -0.154. The molecule has 0 saturated carbocycles. The fraction of sp³-hybridized carbons (Fsp3) is 0.385. The highest BCUT2D eigenvalue weighted by molar-refractivity contribution is 6.24. The van der Waals surface area contributed by atoms with Gasteiger partial charge in [-0.2, -0.15) is 0 Å². The molecule has 0 spiro atoms. The molecule has 0 aromatic heterocycles. The topological polar surface area (TPSA) is 96.0 Å². The molecule has 3 fully saturated rings. The lowest BCUT2D eigenvalue weighted by atomic mass is 9.76. The summed E-state index contributed by atoms with van der Waals surface area (Å²) >= 11 is 0. The van der Waals surface area contributed by atoms with Gasteiger partial charge < -0.3 is 10.1 Å². The predicted octanol–water partition coefficient (Wildman–Crippen LogP) is 1.90. The molecule has 1 N–H and O–H groups in total. The van der Waals surface area contributed by atoms with Gasteiger partial charge in [-0.25, -0.2) is 4.90 Å². The molecule has 8 heteroatoms. The molecule has 0 unspecified atom stereocenters. The number of amides is 3. The van der Waals surface area contributed by atoms with E-state index in [0.29, 0.717) is 18.8 Å². The average Bonchev–Trinajstić information content (AvgIpc) is 3.26. The number of aryl methyl sites for hydroxylation is 2. The molecule has 34 heavy (non-hydrogen) atoms. The van der Waals surface area contributed by atoms with Crippen molar-refractivity contribution in [3.05, 3.63) is 65.2 Å². The van der Waals surface area contributed by atoms with Crippen LogP contribution in [-0.2, 0) is 23.9 Å². The van der Waals surface area contributed by atoms with Crippen molar-refractivity contribution < 1.29 is 23.9 Å². The molecular weight excluding hydrogens is 434 g/mol. The van der Waals surface area contributed by atoms with E-state index in [1.54, 1.807) is 12.1 Å². The number of methoxy groups -OCH3 is 1. The van der Waals surface area contributed by atoms with E-state index in [1.807, 2.05) is 55.1 Å². The van der Waals surface area contributed by atoms with Gasteiger partial charge in [0.05, 0.1) is 31.1 Å². The van der Waals surface area contributed by atoms with E-state index in [4.69, 9.17) is 4.74 Å². The molecule has 0 aliphatic carbocycles. The van der Waals surface area contributed by atoms with Crippen LogP contribution >= 0.6 is 0 Å². The summed E-state index contributed by atoms with van der Waals surface area (Å²) in [6, 6.07) is 14.4. The SMILES string of the molecule is COC(=O)C[C@]12C(=O)NCCN1[C@@H](c1ccc(C)cc1)[C@@H]1C(=O)N(c3ccc(C)cc3)C(=O)[C@H]12. The summed E-state index contributed by atoms with van der Waals surface area (Å²) in [7, 11) is 1.26. The van der Waals surface area contributed by atoms with Crippen LogP contribution in [0.4, 0.5) is 5.69 Å². The maximum Gasteiger partial charge on any atom is 0.307 e. The average molecular weight is 462 g/mol. The van der Waals surface area contributed by atoms with E-state index in [9.17, 15) is 19.2 Å². The lowest BCUT2D eigenvalue weighted by Crippen LogP contribution is -2.67. The maximum absolute atomic E-state index is 13.9. The molecule has 3 heterocycles. The van der Waals surface area contributed by atoms with E-state index in [2.05, 4.69) is 5.32 Å². The lowest BCUT2D eigenvalue weighted by Gasteiger charge is -2.45. The van der Waals surface area contributed by atoms with Gasteiger partial charge in [-0.15, -0.1) is 0 Å². The van der Waals surface area contributed by atoms with Crippen LogP contribution in [0.2, 0.25) is 0 Å². The normalized spacial score (nSPS) is 28.5. The van der Waals surface area contributed by atoms with Crippen LogP contribution in [0.25, 0.3) is 0 Å². The molecule has 3 amide bonds. The molecule has 2 aromatic carbocycles. The Morgan fingerprint density at radius 1 is 1.00 bits per heavy atom. The van der Waals surface area contributed by atoms with Gasteiger partial charge in [0, 0.05) is 19.1 Å². The Bertz CT molecular complexity index is 1180. The van der Waals surface area contributed by atoms with Crippen LogP contribution in [0.5, 0.6) is 0 Å². The summed E-state index contributed by atoms with van der Waals surface area (Å²) in [6.07, 6.45) is -0.306. The molecule has 0 radical (unpaired) electrons. The molecule has 3 saturated heterocycles.